The third-order valence-corrected chi connectivity index (χ3v) is 2.17. The van der Waals surface area contributed by atoms with Crippen molar-refractivity contribution >= 4 is 11.9 Å². The summed E-state index contributed by atoms with van der Waals surface area (Å²) in [7, 11) is 0. The fourth-order valence-electron chi connectivity index (χ4n) is 1.16. The Morgan fingerprint density at radius 1 is 1.65 bits per heavy atom. The molecular formula is C10H16N4O3. The molecule has 0 saturated carbocycles. The van der Waals surface area contributed by atoms with E-state index in [2.05, 4.69) is 15.3 Å². The first-order valence-corrected chi connectivity index (χ1v) is 5.10. The Morgan fingerprint density at radius 2 is 2.29 bits per heavy atom. The molecule has 0 fully saturated rings. The Bertz CT molecular complexity index is 394. The highest BCUT2D eigenvalue weighted by Gasteiger charge is 2.28. The van der Waals surface area contributed by atoms with Crippen LogP contribution in [-0.4, -0.2) is 38.5 Å². The van der Waals surface area contributed by atoms with E-state index in [9.17, 15) is 9.59 Å². The van der Waals surface area contributed by atoms with Crippen molar-refractivity contribution < 1.29 is 14.7 Å². The van der Waals surface area contributed by atoms with Crippen LogP contribution in [0.2, 0.25) is 0 Å². The molecule has 0 aliphatic rings. The molecule has 7 heteroatoms. The van der Waals surface area contributed by atoms with Crippen LogP contribution in [0.5, 0.6) is 0 Å². The molecule has 1 aromatic heterocycles. The Balaban J connectivity index is 2.68. The summed E-state index contributed by atoms with van der Waals surface area (Å²) in [5.74, 6) is -1.62. The van der Waals surface area contributed by atoms with E-state index in [4.69, 9.17) is 10.8 Å². The number of carboxylic acids is 1. The number of imidazole rings is 1. The monoisotopic (exact) mass is 240 g/mol. The van der Waals surface area contributed by atoms with Crippen molar-refractivity contribution in [1.29, 1.82) is 0 Å². The van der Waals surface area contributed by atoms with E-state index in [1.165, 1.54) is 26.4 Å². The zero-order valence-corrected chi connectivity index (χ0v) is 9.73. The van der Waals surface area contributed by atoms with Crippen LogP contribution < -0.4 is 11.1 Å². The summed E-state index contributed by atoms with van der Waals surface area (Å²) in [6.07, 6.45) is 3.09. The molecule has 1 rings (SSSR count). The van der Waals surface area contributed by atoms with Crippen LogP contribution in [0.15, 0.2) is 12.5 Å². The maximum Gasteiger partial charge on any atom is 0.326 e. The van der Waals surface area contributed by atoms with Gasteiger partial charge in [0.25, 0.3) is 0 Å². The summed E-state index contributed by atoms with van der Waals surface area (Å²) < 4.78 is 0. The van der Waals surface area contributed by atoms with Gasteiger partial charge < -0.3 is 21.1 Å². The molecule has 0 aromatic carbocycles. The lowest BCUT2D eigenvalue weighted by molar-refractivity contribution is -0.142. The number of aliphatic carboxylic acids is 1. The number of carbonyl (C=O) groups is 2. The first-order chi connectivity index (χ1) is 7.80. The second-order valence-corrected chi connectivity index (χ2v) is 4.37. The van der Waals surface area contributed by atoms with Gasteiger partial charge in [-0.3, -0.25) is 4.79 Å². The smallest absolute Gasteiger partial charge is 0.326 e. The molecule has 0 spiro atoms. The molecular weight excluding hydrogens is 224 g/mol. The first kappa shape index (κ1) is 13.2. The third kappa shape index (κ3) is 3.87. The van der Waals surface area contributed by atoms with E-state index < -0.39 is 23.5 Å². The second-order valence-electron chi connectivity index (χ2n) is 4.37. The fraction of sp³-hybridized carbons (Fsp3) is 0.500. The largest absolute Gasteiger partial charge is 0.480 e. The van der Waals surface area contributed by atoms with E-state index in [-0.39, 0.29) is 6.42 Å². The minimum absolute atomic E-state index is 0.136. The van der Waals surface area contributed by atoms with E-state index in [0.717, 1.165) is 0 Å². The average molecular weight is 240 g/mol. The molecule has 0 bridgehead atoms. The molecule has 0 aliphatic heterocycles. The Labute approximate surface area is 98.4 Å². The summed E-state index contributed by atoms with van der Waals surface area (Å²) in [6.45, 7) is 3.02. The van der Waals surface area contributed by atoms with Gasteiger partial charge in [-0.2, -0.15) is 0 Å². The van der Waals surface area contributed by atoms with E-state index in [1.54, 1.807) is 0 Å². The number of carbonyl (C=O) groups excluding carboxylic acids is 1. The lowest BCUT2D eigenvalue weighted by Gasteiger charge is -2.21. The molecule has 0 aliphatic carbocycles. The van der Waals surface area contributed by atoms with Gasteiger partial charge in [0.15, 0.2) is 0 Å². The van der Waals surface area contributed by atoms with Crippen LogP contribution in [0, 0.1) is 0 Å². The number of amides is 1. The zero-order valence-electron chi connectivity index (χ0n) is 9.73. The van der Waals surface area contributed by atoms with Crippen molar-refractivity contribution in [3.8, 4) is 0 Å². The van der Waals surface area contributed by atoms with Crippen molar-refractivity contribution in [3.05, 3.63) is 18.2 Å². The van der Waals surface area contributed by atoms with Gasteiger partial charge in [0, 0.05) is 18.3 Å². The van der Waals surface area contributed by atoms with E-state index in [0.29, 0.717) is 5.69 Å². The number of hydrogen-bond donors (Lipinski definition) is 4. The van der Waals surface area contributed by atoms with Crippen molar-refractivity contribution in [2.24, 2.45) is 5.73 Å². The number of carboxylic acid groups (broad SMARTS) is 1. The highest BCUT2D eigenvalue weighted by atomic mass is 16.4. The van der Waals surface area contributed by atoms with E-state index >= 15 is 0 Å². The van der Waals surface area contributed by atoms with Gasteiger partial charge in [0.2, 0.25) is 5.91 Å². The molecule has 94 valence electrons. The maximum absolute atomic E-state index is 11.6. The van der Waals surface area contributed by atoms with E-state index in [1.807, 2.05) is 0 Å². The first-order valence-electron chi connectivity index (χ1n) is 5.10. The number of hydrogen-bond acceptors (Lipinski definition) is 4. The number of aromatic nitrogens is 2. The minimum Gasteiger partial charge on any atom is -0.480 e. The molecule has 1 atom stereocenters. The van der Waals surface area contributed by atoms with Gasteiger partial charge in [-0.05, 0) is 13.8 Å². The topological polar surface area (TPSA) is 121 Å². The molecule has 7 nitrogen and oxygen atoms in total. The molecule has 0 saturated heterocycles. The van der Waals surface area contributed by atoms with Crippen LogP contribution in [0.4, 0.5) is 0 Å². The number of nitrogens with zero attached hydrogens (tertiary/aromatic N) is 1. The molecule has 1 unspecified atom stereocenters. The van der Waals surface area contributed by atoms with Crippen LogP contribution in [0.3, 0.4) is 0 Å². The third-order valence-electron chi connectivity index (χ3n) is 2.17. The van der Waals surface area contributed by atoms with Crippen molar-refractivity contribution in [1.82, 2.24) is 15.3 Å². The quantitative estimate of drug-likeness (QED) is 0.540. The highest BCUT2D eigenvalue weighted by molar-refractivity contribution is 5.89. The summed E-state index contributed by atoms with van der Waals surface area (Å²) in [4.78, 5) is 29.1. The summed E-state index contributed by atoms with van der Waals surface area (Å²) >= 11 is 0. The second kappa shape index (κ2) is 4.96. The normalized spacial score (nSPS) is 13.1. The lowest BCUT2D eigenvalue weighted by Crippen LogP contribution is -2.54. The molecule has 5 N–H and O–H groups in total. The number of H-pyrrole nitrogens is 1. The zero-order chi connectivity index (χ0) is 13.1. The number of nitrogens with two attached hydrogens (primary N) is 1. The molecule has 1 amide bonds. The predicted molar refractivity (Wildman–Crippen MR) is 60.1 cm³/mol. The minimum atomic E-state index is -1.11. The number of rotatable bonds is 5. The number of nitrogens with one attached hydrogen (secondary N) is 2. The van der Waals surface area contributed by atoms with Crippen LogP contribution in [-0.2, 0) is 16.0 Å². The van der Waals surface area contributed by atoms with Gasteiger partial charge in [-0.1, -0.05) is 0 Å². The maximum atomic E-state index is 11.6. The lowest BCUT2D eigenvalue weighted by atomic mass is 10.0. The average Bonchev–Trinajstić information content (AvgIpc) is 2.67. The summed E-state index contributed by atoms with van der Waals surface area (Å²) in [6, 6.07) is -1.02. The summed E-state index contributed by atoms with van der Waals surface area (Å²) in [5, 5.41) is 11.4. The Kier molecular flexibility index (Phi) is 3.84. The van der Waals surface area contributed by atoms with Crippen LogP contribution in [0.1, 0.15) is 19.5 Å². The van der Waals surface area contributed by atoms with Gasteiger partial charge in [0.05, 0.1) is 11.9 Å². The van der Waals surface area contributed by atoms with Gasteiger partial charge in [0.1, 0.15) is 6.04 Å². The van der Waals surface area contributed by atoms with Crippen LogP contribution in [0.25, 0.3) is 0 Å². The number of aromatic amines is 1. The fourth-order valence-corrected chi connectivity index (χ4v) is 1.16. The van der Waals surface area contributed by atoms with Crippen molar-refractivity contribution in [2.75, 3.05) is 0 Å². The Hall–Kier alpha value is -1.89. The van der Waals surface area contributed by atoms with Crippen molar-refractivity contribution in [3.63, 3.8) is 0 Å². The highest BCUT2D eigenvalue weighted by Crippen LogP contribution is 2.02. The van der Waals surface area contributed by atoms with Crippen molar-refractivity contribution in [2.45, 2.75) is 31.8 Å². The Morgan fingerprint density at radius 3 is 2.71 bits per heavy atom. The summed E-state index contributed by atoms with van der Waals surface area (Å²) in [5.41, 5.74) is 5.10. The van der Waals surface area contributed by atoms with Gasteiger partial charge in [-0.25, -0.2) is 9.78 Å². The van der Waals surface area contributed by atoms with Gasteiger partial charge in [-0.15, -0.1) is 0 Å². The van der Waals surface area contributed by atoms with Crippen LogP contribution >= 0.6 is 0 Å². The molecule has 17 heavy (non-hydrogen) atoms. The predicted octanol–water partition coefficient (Wildman–Crippen LogP) is -0.741. The SMILES string of the molecule is CC(C)(N)C(=O)NC(Cc1cnc[nH]1)C(=O)O. The standard InChI is InChI=1S/C10H16N4O3/c1-10(2,11)9(17)14-7(8(15)16)3-6-4-12-5-13-6/h4-5,7H,3,11H2,1-2H3,(H,12,13)(H,14,17)(H,15,16). The molecule has 1 aromatic rings. The molecule has 1 heterocycles. The van der Waals surface area contributed by atoms with Gasteiger partial charge >= 0.3 is 5.97 Å². The molecule has 0 radical (unpaired) electrons.